The topological polar surface area (TPSA) is 139 Å². The normalized spacial score (nSPS) is 20.5. The van der Waals surface area contributed by atoms with Crippen LogP contribution in [0.5, 0.6) is 5.75 Å². The molecule has 4 heterocycles. The first-order valence-corrected chi connectivity index (χ1v) is 13.8. The van der Waals surface area contributed by atoms with Gasteiger partial charge in [-0.2, -0.15) is 4.31 Å². The number of ether oxygens (including phenoxy) is 1. The number of methoxy groups -OCH3 is 1. The number of sulfonamides is 1. The number of carbonyl (C=O) groups excluding carboxylic acids is 3. The molecule has 3 unspecified atom stereocenters. The molecule has 1 aromatic carbocycles. The first kappa shape index (κ1) is 25.9. The van der Waals surface area contributed by atoms with Gasteiger partial charge in [0.1, 0.15) is 12.1 Å². The lowest BCUT2D eigenvalue weighted by molar-refractivity contribution is -0.138. The van der Waals surface area contributed by atoms with Crippen LogP contribution in [0.3, 0.4) is 0 Å². The van der Waals surface area contributed by atoms with Crippen molar-refractivity contribution in [1.29, 1.82) is 0 Å². The van der Waals surface area contributed by atoms with Crippen LogP contribution in [0.2, 0.25) is 0 Å². The Labute approximate surface area is 219 Å². The van der Waals surface area contributed by atoms with Crippen LogP contribution in [-0.2, 0) is 19.6 Å². The molecular formula is C26H28N4O7S. The summed E-state index contributed by atoms with van der Waals surface area (Å²) in [5, 5.41) is 3.29. The molecule has 3 aromatic rings. The number of rotatable bonds is 8. The number of nitrogens with zero attached hydrogens (tertiary/aromatic N) is 3. The fourth-order valence-electron chi connectivity index (χ4n) is 5.25. The molecule has 0 bridgehead atoms. The van der Waals surface area contributed by atoms with Crippen LogP contribution in [-0.4, -0.2) is 78.5 Å². The molecule has 3 atom stereocenters. The van der Waals surface area contributed by atoms with Gasteiger partial charge in [0.2, 0.25) is 5.91 Å². The van der Waals surface area contributed by atoms with E-state index < -0.39 is 40.0 Å². The van der Waals surface area contributed by atoms with Crippen LogP contribution in [0.15, 0.2) is 58.1 Å². The van der Waals surface area contributed by atoms with Crippen molar-refractivity contribution in [2.45, 2.75) is 49.3 Å². The Morgan fingerprint density at radius 2 is 2.05 bits per heavy atom. The second kappa shape index (κ2) is 10.2. The van der Waals surface area contributed by atoms with Crippen LogP contribution in [0.1, 0.15) is 36.7 Å². The first-order chi connectivity index (χ1) is 18.3. The van der Waals surface area contributed by atoms with Crippen molar-refractivity contribution in [3.05, 3.63) is 54.4 Å². The van der Waals surface area contributed by atoms with E-state index in [0.717, 1.165) is 4.31 Å². The molecule has 2 aromatic heterocycles. The van der Waals surface area contributed by atoms with Crippen molar-refractivity contribution in [3.8, 4) is 5.75 Å². The molecule has 0 saturated carbocycles. The lowest BCUT2D eigenvalue weighted by Gasteiger charge is -2.28. The highest BCUT2D eigenvalue weighted by Gasteiger charge is 2.54. The van der Waals surface area contributed by atoms with Gasteiger partial charge in [-0.25, -0.2) is 13.4 Å². The third-order valence-electron chi connectivity index (χ3n) is 7.00. The van der Waals surface area contributed by atoms with E-state index in [2.05, 4.69) is 10.3 Å². The highest BCUT2D eigenvalue weighted by Crippen LogP contribution is 2.34. The molecule has 38 heavy (non-hydrogen) atoms. The van der Waals surface area contributed by atoms with Crippen LogP contribution in [0.25, 0.3) is 11.0 Å². The molecule has 0 aliphatic carbocycles. The fraction of sp³-hybridized carbons (Fsp3) is 0.385. The van der Waals surface area contributed by atoms with Crippen LogP contribution in [0.4, 0.5) is 0 Å². The van der Waals surface area contributed by atoms with Gasteiger partial charge >= 0.3 is 0 Å². The van der Waals surface area contributed by atoms with E-state index >= 15 is 0 Å². The quantitative estimate of drug-likeness (QED) is 0.458. The minimum atomic E-state index is -4.01. The zero-order chi connectivity index (χ0) is 27.0. The zero-order valence-electron chi connectivity index (χ0n) is 21.0. The van der Waals surface area contributed by atoms with Gasteiger partial charge in [-0.05, 0) is 37.1 Å². The SMILES string of the molecule is CCCC(NC(=O)c1cc2cccc(OC)c2o1)C(=O)N1CCC2C1C(=O)CN2S(=O)(=O)c1ccccn1. The van der Waals surface area contributed by atoms with E-state index in [9.17, 15) is 22.8 Å². The molecule has 5 rings (SSSR count). The molecule has 1 N–H and O–H groups in total. The maximum absolute atomic E-state index is 13.6. The van der Waals surface area contributed by atoms with Crippen molar-refractivity contribution in [1.82, 2.24) is 19.5 Å². The second-order valence-corrected chi connectivity index (χ2v) is 11.2. The monoisotopic (exact) mass is 540 g/mol. The number of hydrogen-bond donors (Lipinski definition) is 1. The highest BCUT2D eigenvalue weighted by atomic mass is 32.2. The van der Waals surface area contributed by atoms with Gasteiger partial charge in [-0.1, -0.05) is 31.5 Å². The number of likely N-dealkylation sites (tertiary alicyclic amines) is 1. The highest BCUT2D eigenvalue weighted by molar-refractivity contribution is 7.89. The van der Waals surface area contributed by atoms with E-state index in [-0.39, 0.29) is 29.7 Å². The summed E-state index contributed by atoms with van der Waals surface area (Å²) < 4.78 is 38.5. The molecule has 11 nitrogen and oxygen atoms in total. The number of para-hydroxylation sites is 1. The molecule has 2 amide bonds. The summed E-state index contributed by atoms with van der Waals surface area (Å²) in [5.41, 5.74) is 0.423. The Balaban J connectivity index is 1.35. The Bertz CT molecular complexity index is 1490. The maximum atomic E-state index is 13.6. The summed E-state index contributed by atoms with van der Waals surface area (Å²) in [6, 6.07) is 8.92. The number of Topliss-reactive ketones (excluding diaryl/α,β-unsaturated/α-hetero) is 1. The molecule has 2 saturated heterocycles. The van der Waals surface area contributed by atoms with Crippen LogP contribution < -0.4 is 10.1 Å². The molecule has 12 heteroatoms. The predicted octanol–water partition coefficient (Wildman–Crippen LogP) is 1.98. The van der Waals surface area contributed by atoms with Crippen molar-refractivity contribution < 1.29 is 32.0 Å². The zero-order valence-corrected chi connectivity index (χ0v) is 21.8. The number of furan rings is 1. The van der Waals surface area contributed by atoms with E-state index in [1.807, 2.05) is 6.92 Å². The number of carbonyl (C=O) groups is 3. The fourth-order valence-corrected chi connectivity index (χ4v) is 6.80. The summed E-state index contributed by atoms with van der Waals surface area (Å²) in [6.45, 7) is 1.75. The third kappa shape index (κ3) is 4.43. The molecule has 2 aliphatic rings. The molecular weight excluding hydrogens is 512 g/mol. The van der Waals surface area contributed by atoms with Crippen molar-refractivity contribution >= 4 is 38.6 Å². The van der Waals surface area contributed by atoms with Gasteiger partial charge in [0.25, 0.3) is 15.9 Å². The Hall–Kier alpha value is -3.77. The second-order valence-electron chi connectivity index (χ2n) is 9.32. The molecule has 200 valence electrons. The van der Waals surface area contributed by atoms with Crippen molar-refractivity contribution in [3.63, 3.8) is 0 Å². The number of fused-ring (bicyclic) bond motifs is 2. The third-order valence-corrected chi connectivity index (χ3v) is 8.79. The summed E-state index contributed by atoms with van der Waals surface area (Å²) >= 11 is 0. The van der Waals surface area contributed by atoms with Crippen LogP contribution >= 0.6 is 0 Å². The van der Waals surface area contributed by atoms with Crippen LogP contribution in [0, 0.1) is 0 Å². The summed E-state index contributed by atoms with van der Waals surface area (Å²) in [7, 11) is -2.50. The minimum Gasteiger partial charge on any atom is -0.493 e. The van der Waals surface area contributed by atoms with Gasteiger partial charge < -0.3 is 19.4 Å². The number of benzene rings is 1. The van der Waals surface area contributed by atoms with E-state index in [4.69, 9.17) is 9.15 Å². The number of aromatic nitrogens is 1. The number of amides is 2. The van der Waals surface area contributed by atoms with Gasteiger partial charge in [0.15, 0.2) is 27.9 Å². The molecule has 2 aliphatic heterocycles. The number of hydrogen-bond acceptors (Lipinski definition) is 8. The van der Waals surface area contributed by atoms with E-state index in [0.29, 0.717) is 36.0 Å². The standard InChI is InChI=1S/C26H28N4O7S/c1-3-7-17(28-25(32)21-14-16-8-6-9-20(36-2)24(16)37-21)26(33)29-13-11-18-23(29)19(31)15-30(18)38(34,35)22-10-4-5-12-27-22/h4-6,8-10,12,14,17-18,23H,3,7,11,13,15H2,1-2H3,(H,28,32). The maximum Gasteiger partial charge on any atom is 0.287 e. The minimum absolute atomic E-state index is 0.0299. The van der Waals surface area contributed by atoms with Crippen molar-refractivity contribution in [2.24, 2.45) is 0 Å². The molecule has 0 spiro atoms. The van der Waals surface area contributed by atoms with Gasteiger partial charge in [-0.3, -0.25) is 14.4 Å². The average molecular weight is 541 g/mol. The number of pyridine rings is 1. The Kier molecular flexibility index (Phi) is 6.93. The summed E-state index contributed by atoms with van der Waals surface area (Å²) in [5.74, 6) is -0.834. The predicted molar refractivity (Wildman–Crippen MR) is 136 cm³/mol. The van der Waals surface area contributed by atoms with E-state index in [1.54, 1.807) is 36.4 Å². The molecule has 0 radical (unpaired) electrons. The van der Waals surface area contributed by atoms with Gasteiger partial charge in [0.05, 0.1) is 19.7 Å². The smallest absolute Gasteiger partial charge is 0.287 e. The lowest BCUT2D eigenvalue weighted by Crippen LogP contribution is -2.52. The Morgan fingerprint density at radius 1 is 1.24 bits per heavy atom. The Morgan fingerprint density at radius 3 is 2.76 bits per heavy atom. The summed E-state index contributed by atoms with van der Waals surface area (Å²) in [6.07, 6.45) is 2.63. The van der Waals surface area contributed by atoms with E-state index in [1.165, 1.54) is 24.3 Å². The largest absolute Gasteiger partial charge is 0.493 e. The molecule has 2 fully saturated rings. The number of nitrogens with one attached hydrogen (secondary N) is 1. The van der Waals surface area contributed by atoms with Gasteiger partial charge in [0, 0.05) is 18.1 Å². The average Bonchev–Trinajstić information content (AvgIpc) is 3.63. The number of ketones is 1. The summed E-state index contributed by atoms with van der Waals surface area (Å²) in [4.78, 5) is 45.0. The van der Waals surface area contributed by atoms with Gasteiger partial charge in [-0.15, -0.1) is 0 Å². The first-order valence-electron chi connectivity index (χ1n) is 12.4. The lowest BCUT2D eigenvalue weighted by atomic mass is 10.1. The van der Waals surface area contributed by atoms with Crippen molar-refractivity contribution in [2.75, 3.05) is 20.2 Å².